The molecule has 2 aromatic heterocycles. The molecular weight excluding hydrogens is 476 g/mol. The predicted octanol–water partition coefficient (Wildman–Crippen LogP) is 6.20. The molecule has 2 heterocycles. The molecule has 0 unspecified atom stereocenters. The van der Waals surface area contributed by atoms with Crippen LogP contribution in [0.15, 0.2) is 73.1 Å². The van der Waals surface area contributed by atoms with E-state index in [-0.39, 0.29) is 11.4 Å². The highest BCUT2D eigenvalue weighted by atomic mass is 19.1. The summed E-state index contributed by atoms with van der Waals surface area (Å²) in [5.41, 5.74) is 4.10. The van der Waals surface area contributed by atoms with E-state index in [1.54, 1.807) is 42.1 Å². The minimum absolute atomic E-state index is 0.134. The second kappa shape index (κ2) is 11.6. The summed E-state index contributed by atoms with van der Waals surface area (Å²) in [5.74, 6) is -0.421. The molecule has 3 aromatic carbocycles. The van der Waals surface area contributed by atoms with Crippen molar-refractivity contribution in [1.82, 2.24) is 14.8 Å². The number of ether oxygens (including phenoxy) is 1. The lowest BCUT2D eigenvalue weighted by Crippen LogP contribution is -2.01. The van der Waals surface area contributed by atoms with Crippen LogP contribution in [0, 0.1) is 18.6 Å². The second-order valence-corrected chi connectivity index (χ2v) is 8.43. The molecule has 0 spiro atoms. The van der Waals surface area contributed by atoms with Crippen molar-refractivity contribution < 1.29 is 23.4 Å². The maximum atomic E-state index is 14.8. The number of carbonyl (C=O) groups is 1. The normalized spacial score (nSPS) is 10.7. The molecule has 0 aliphatic carbocycles. The van der Waals surface area contributed by atoms with E-state index < -0.39 is 11.6 Å². The van der Waals surface area contributed by atoms with Gasteiger partial charge in [0.15, 0.2) is 17.4 Å². The number of nitrogens with one attached hydrogen (secondary N) is 1. The Balaban J connectivity index is 0.00000156. The third-order valence-corrected chi connectivity index (χ3v) is 5.94. The van der Waals surface area contributed by atoms with Crippen molar-refractivity contribution in [1.29, 1.82) is 0 Å². The predicted molar refractivity (Wildman–Crippen MR) is 139 cm³/mol. The van der Waals surface area contributed by atoms with Gasteiger partial charge < -0.3 is 19.6 Å². The Bertz CT molecular complexity index is 1520. The van der Waals surface area contributed by atoms with E-state index in [0.717, 1.165) is 29.9 Å². The summed E-state index contributed by atoms with van der Waals surface area (Å²) in [4.78, 5) is 13.6. The number of H-pyrrole nitrogens is 1. The first-order valence-corrected chi connectivity index (χ1v) is 11.8. The van der Waals surface area contributed by atoms with E-state index in [2.05, 4.69) is 10.1 Å². The number of aromatic nitrogens is 3. The fourth-order valence-corrected chi connectivity index (χ4v) is 4.24. The fourth-order valence-electron chi connectivity index (χ4n) is 4.24. The zero-order valence-corrected chi connectivity index (χ0v) is 20.5. The number of aryl methyl sites for hydroxylation is 2. The van der Waals surface area contributed by atoms with Crippen LogP contribution in [0.4, 0.5) is 8.78 Å². The molecule has 5 rings (SSSR count). The van der Waals surface area contributed by atoms with Crippen LogP contribution in [-0.4, -0.2) is 33.3 Å². The number of aliphatic hydroxyl groups excluding tert-OH is 1. The molecule has 0 saturated carbocycles. The summed E-state index contributed by atoms with van der Waals surface area (Å²) in [5, 5.41) is 12.3. The zero-order chi connectivity index (χ0) is 26.4. The number of halogens is 2. The zero-order valence-electron chi connectivity index (χ0n) is 20.5. The van der Waals surface area contributed by atoms with Gasteiger partial charge in [-0.05, 0) is 42.7 Å². The highest BCUT2D eigenvalue weighted by Gasteiger charge is 2.16. The molecule has 0 aliphatic rings. The average molecular weight is 504 g/mol. The van der Waals surface area contributed by atoms with Gasteiger partial charge in [-0.3, -0.25) is 4.68 Å². The highest BCUT2D eigenvalue weighted by Crippen LogP contribution is 2.35. The number of hydrogen-bond donors (Lipinski definition) is 2. The van der Waals surface area contributed by atoms with E-state index >= 15 is 0 Å². The van der Waals surface area contributed by atoms with Gasteiger partial charge >= 0.3 is 0 Å². The Kier molecular flexibility index (Phi) is 8.10. The van der Waals surface area contributed by atoms with Crippen LogP contribution < -0.4 is 4.74 Å². The molecule has 6 nitrogen and oxygen atoms in total. The number of hydrogen-bond acceptors (Lipinski definition) is 4. The number of nitrogens with zero attached hydrogens (tertiary/aromatic N) is 2. The van der Waals surface area contributed by atoms with Gasteiger partial charge in [0.25, 0.3) is 0 Å². The summed E-state index contributed by atoms with van der Waals surface area (Å²) >= 11 is 0. The summed E-state index contributed by atoms with van der Waals surface area (Å²) in [7, 11) is 1.00. The number of rotatable bonds is 8. The largest absolute Gasteiger partial charge is 0.454 e. The molecule has 5 aromatic rings. The van der Waals surface area contributed by atoms with Gasteiger partial charge in [-0.1, -0.05) is 36.4 Å². The fraction of sp³-hybridized carbons (Fsp3) is 0.172. The van der Waals surface area contributed by atoms with Crippen LogP contribution in [-0.2, 0) is 17.8 Å². The van der Waals surface area contributed by atoms with Crippen LogP contribution in [0.25, 0.3) is 22.2 Å². The molecule has 0 amide bonds. The lowest BCUT2D eigenvalue weighted by molar-refractivity contribution is -0.107. The van der Waals surface area contributed by atoms with E-state index in [4.69, 9.17) is 9.84 Å². The maximum absolute atomic E-state index is 14.8. The SMILES string of the molecule is CO.Cc1c(Oc2cccc(-c3nn(Cc4cccc(CCC=O)c4)cc3F)c2)c(F)cc2[nH]ccc12. The maximum Gasteiger partial charge on any atom is 0.169 e. The average Bonchev–Trinajstić information content (AvgIpc) is 3.53. The Hall–Kier alpha value is -4.30. The van der Waals surface area contributed by atoms with Crippen molar-refractivity contribution in [3.8, 4) is 22.8 Å². The van der Waals surface area contributed by atoms with E-state index in [1.165, 1.54) is 12.3 Å². The Morgan fingerprint density at radius 3 is 2.62 bits per heavy atom. The molecular formula is C29H27F2N3O3. The first kappa shape index (κ1) is 25.8. The number of carbonyl (C=O) groups excluding carboxylic acids is 1. The van der Waals surface area contributed by atoms with E-state index in [9.17, 15) is 13.6 Å². The van der Waals surface area contributed by atoms with Gasteiger partial charge in [-0.2, -0.15) is 5.10 Å². The monoisotopic (exact) mass is 503 g/mol. The number of benzene rings is 3. The van der Waals surface area contributed by atoms with E-state index in [0.29, 0.717) is 41.8 Å². The molecule has 190 valence electrons. The lowest BCUT2D eigenvalue weighted by Gasteiger charge is -2.11. The van der Waals surface area contributed by atoms with Gasteiger partial charge in [0.05, 0.1) is 12.7 Å². The third kappa shape index (κ3) is 5.76. The van der Waals surface area contributed by atoms with Crippen LogP contribution >= 0.6 is 0 Å². The second-order valence-electron chi connectivity index (χ2n) is 8.43. The van der Waals surface area contributed by atoms with Crippen molar-refractivity contribution >= 4 is 17.2 Å². The number of aldehydes is 1. The third-order valence-electron chi connectivity index (χ3n) is 5.94. The van der Waals surface area contributed by atoms with Crippen LogP contribution in [0.5, 0.6) is 11.5 Å². The smallest absolute Gasteiger partial charge is 0.169 e. The highest BCUT2D eigenvalue weighted by molar-refractivity contribution is 5.85. The molecule has 0 aliphatic heterocycles. The minimum Gasteiger partial charge on any atom is -0.454 e. The number of aromatic amines is 1. The molecule has 8 heteroatoms. The van der Waals surface area contributed by atoms with Crippen molar-refractivity contribution in [2.45, 2.75) is 26.3 Å². The van der Waals surface area contributed by atoms with Crippen molar-refractivity contribution in [2.75, 3.05) is 7.11 Å². The van der Waals surface area contributed by atoms with Gasteiger partial charge in [-0.15, -0.1) is 0 Å². The van der Waals surface area contributed by atoms with Crippen LogP contribution in [0.3, 0.4) is 0 Å². The Morgan fingerprint density at radius 2 is 1.81 bits per heavy atom. The topological polar surface area (TPSA) is 80.1 Å². The first-order valence-electron chi connectivity index (χ1n) is 11.8. The minimum atomic E-state index is -0.478. The summed E-state index contributed by atoms with van der Waals surface area (Å²) in [6.07, 6.45) is 5.13. The Morgan fingerprint density at radius 1 is 1.03 bits per heavy atom. The molecule has 0 bridgehead atoms. The van der Waals surface area contributed by atoms with Crippen LogP contribution in [0.2, 0.25) is 0 Å². The lowest BCUT2D eigenvalue weighted by atomic mass is 10.1. The van der Waals surface area contributed by atoms with Gasteiger partial charge in [0.1, 0.15) is 17.7 Å². The molecule has 0 atom stereocenters. The van der Waals surface area contributed by atoms with E-state index in [1.807, 2.05) is 30.3 Å². The molecule has 0 fully saturated rings. The van der Waals surface area contributed by atoms with Crippen molar-refractivity contribution in [2.24, 2.45) is 0 Å². The summed E-state index contributed by atoms with van der Waals surface area (Å²) < 4.78 is 37.0. The standard InChI is InChI=1S/C28H23F2N3O2.CH4O/c1-18-23-10-11-31-26(23)15-24(29)28(18)35-22-9-3-8-21(14-22)27-25(30)17-33(32-27)16-20-6-2-5-19(13-20)7-4-12-34;1-2/h2-3,5-6,8-15,17,31H,4,7,16H2,1H3;2H,1H3. The molecule has 2 N–H and O–H groups in total. The Labute approximate surface area is 213 Å². The molecule has 0 radical (unpaired) electrons. The molecule has 0 saturated heterocycles. The van der Waals surface area contributed by atoms with Crippen LogP contribution in [0.1, 0.15) is 23.1 Å². The summed E-state index contributed by atoms with van der Waals surface area (Å²) in [6.45, 7) is 2.19. The summed E-state index contributed by atoms with van der Waals surface area (Å²) in [6, 6.07) is 17.9. The molecule has 37 heavy (non-hydrogen) atoms. The van der Waals surface area contributed by atoms with Gasteiger partial charge in [0.2, 0.25) is 0 Å². The van der Waals surface area contributed by atoms with Gasteiger partial charge in [0, 0.05) is 47.8 Å². The number of fused-ring (bicyclic) bond motifs is 1. The first-order chi connectivity index (χ1) is 18.0. The quantitative estimate of drug-likeness (QED) is 0.247. The van der Waals surface area contributed by atoms with Crippen molar-refractivity contribution in [3.63, 3.8) is 0 Å². The van der Waals surface area contributed by atoms with Gasteiger partial charge in [-0.25, -0.2) is 8.78 Å². The number of aliphatic hydroxyl groups is 1. The van der Waals surface area contributed by atoms with Crippen molar-refractivity contribution in [3.05, 3.63) is 101 Å².